The monoisotopic (exact) mass is 332 g/mol. The second-order valence-corrected chi connectivity index (χ2v) is 6.52. The Hall–Kier alpha value is -1.92. The number of rotatable bonds is 1. The molecule has 2 atom stereocenters. The maximum Gasteiger partial charge on any atom is 0.254 e. The van der Waals surface area contributed by atoms with Crippen LogP contribution in [-0.4, -0.2) is 45.0 Å². The first-order valence-electron chi connectivity index (χ1n) is 7.69. The molecule has 2 aromatic rings. The van der Waals surface area contributed by atoms with E-state index in [-0.39, 0.29) is 18.1 Å². The number of aromatic nitrogens is 3. The summed E-state index contributed by atoms with van der Waals surface area (Å²) in [4.78, 5) is 14.7. The summed E-state index contributed by atoms with van der Waals surface area (Å²) in [6.07, 6.45) is 2.61. The molecule has 0 unspecified atom stereocenters. The van der Waals surface area contributed by atoms with E-state index in [1.54, 1.807) is 18.3 Å². The Morgan fingerprint density at radius 3 is 3.17 bits per heavy atom. The zero-order valence-electron chi connectivity index (χ0n) is 12.8. The first kappa shape index (κ1) is 14.7. The number of benzene rings is 1. The zero-order valence-corrected chi connectivity index (χ0v) is 13.5. The molecule has 2 aliphatic rings. The van der Waals surface area contributed by atoms with E-state index in [4.69, 9.17) is 16.3 Å². The van der Waals surface area contributed by atoms with Gasteiger partial charge in [0.1, 0.15) is 0 Å². The lowest BCUT2D eigenvalue weighted by Crippen LogP contribution is -2.50. The average molecular weight is 333 g/mol. The van der Waals surface area contributed by atoms with Gasteiger partial charge in [0, 0.05) is 23.7 Å². The van der Waals surface area contributed by atoms with Gasteiger partial charge in [-0.2, -0.15) is 0 Å². The molecule has 4 rings (SSSR count). The Balaban J connectivity index is 1.60. The number of piperidine rings is 1. The summed E-state index contributed by atoms with van der Waals surface area (Å²) in [5.74, 6) is 0.00990. The summed E-state index contributed by atoms with van der Waals surface area (Å²) in [7, 11) is 0. The highest BCUT2D eigenvalue weighted by Gasteiger charge is 2.38. The standard InChI is InChI=1S/C16H17ClN4O2/c1-10-2-3-11(17)6-13(10)16(22)20-5-4-15-14(8-20)21-12(9-23-15)7-18-19-21/h2-3,6-7,14-15H,4-5,8-9H2,1H3/t14-,15-/m1/s1. The molecule has 2 aliphatic heterocycles. The van der Waals surface area contributed by atoms with Gasteiger partial charge in [0.15, 0.2) is 0 Å². The largest absolute Gasteiger partial charge is 0.370 e. The summed E-state index contributed by atoms with van der Waals surface area (Å²) in [6, 6.07) is 5.44. The van der Waals surface area contributed by atoms with Crippen molar-refractivity contribution in [1.29, 1.82) is 0 Å². The van der Waals surface area contributed by atoms with Gasteiger partial charge < -0.3 is 9.64 Å². The summed E-state index contributed by atoms with van der Waals surface area (Å²) >= 11 is 6.05. The smallest absolute Gasteiger partial charge is 0.254 e. The Kier molecular flexibility index (Phi) is 3.58. The molecule has 3 heterocycles. The lowest BCUT2D eigenvalue weighted by Gasteiger charge is -2.41. The predicted octanol–water partition coefficient (Wildman–Crippen LogP) is 2.23. The van der Waals surface area contributed by atoms with Crippen molar-refractivity contribution in [1.82, 2.24) is 19.9 Å². The van der Waals surface area contributed by atoms with E-state index >= 15 is 0 Å². The first-order valence-corrected chi connectivity index (χ1v) is 8.07. The summed E-state index contributed by atoms with van der Waals surface area (Å²) < 4.78 is 7.78. The highest BCUT2D eigenvalue weighted by molar-refractivity contribution is 6.31. The van der Waals surface area contributed by atoms with Crippen LogP contribution in [0.4, 0.5) is 0 Å². The number of carbonyl (C=O) groups excluding carboxylic acids is 1. The minimum atomic E-state index is 0.00990. The zero-order chi connectivity index (χ0) is 16.0. The van der Waals surface area contributed by atoms with E-state index in [1.807, 2.05) is 22.6 Å². The third-order valence-corrected chi connectivity index (χ3v) is 4.88. The summed E-state index contributed by atoms with van der Waals surface area (Å²) in [5, 5.41) is 8.70. The van der Waals surface area contributed by atoms with Crippen molar-refractivity contribution in [3.05, 3.63) is 46.2 Å². The van der Waals surface area contributed by atoms with Crippen molar-refractivity contribution >= 4 is 17.5 Å². The fraction of sp³-hybridized carbons (Fsp3) is 0.438. The molecule has 1 fully saturated rings. The minimum absolute atomic E-state index is 0.00990. The number of aryl methyl sites for hydroxylation is 1. The highest BCUT2D eigenvalue weighted by atomic mass is 35.5. The van der Waals surface area contributed by atoms with Crippen LogP contribution in [-0.2, 0) is 11.3 Å². The molecule has 0 aliphatic carbocycles. The van der Waals surface area contributed by atoms with E-state index in [0.29, 0.717) is 30.3 Å². The fourth-order valence-corrected chi connectivity index (χ4v) is 3.53. The van der Waals surface area contributed by atoms with Crippen molar-refractivity contribution in [2.24, 2.45) is 0 Å². The quantitative estimate of drug-likeness (QED) is 0.803. The molecule has 0 N–H and O–H groups in total. The number of fused-ring (bicyclic) bond motifs is 3. The molecule has 1 aromatic carbocycles. The maximum atomic E-state index is 12.9. The van der Waals surface area contributed by atoms with Gasteiger partial charge in [0.05, 0.1) is 30.6 Å². The third kappa shape index (κ3) is 2.52. The molecule has 0 radical (unpaired) electrons. The number of hydrogen-bond donors (Lipinski definition) is 0. The van der Waals surface area contributed by atoms with Gasteiger partial charge in [0.25, 0.3) is 5.91 Å². The number of nitrogens with zero attached hydrogens (tertiary/aromatic N) is 4. The topological polar surface area (TPSA) is 60.3 Å². The van der Waals surface area contributed by atoms with Crippen molar-refractivity contribution < 1.29 is 9.53 Å². The highest BCUT2D eigenvalue weighted by Crippen LogP contribution is 2.31. The maximum absolute atomic E-state index is 12.9. The number of hydrogen-bond acceptors (Lipinski definition) is 4. The Bertz CT molecular complexity index is 760. The van der Waals surface area contributed by atoms with Gasteiger partial charge >= 0.3 is 0 Å². The van der Waals surface area contributed by atoms with Crippen LogP contribution in [0.1, 0.15) is 34.1 Å². The van der Waals surface area contributed by atoms with Gasteiger partial charge in [0.2, 0.25) is 0 Å². The molecule has 0 spiro atoms. The number of amides is 1. The molecular weight excluding hydrogens is 316 g/mol. The molecule has 0 bridgehead atoms. The molecule has 0 saturated carbocycles. The van der Waals surface area contributed by atoms with Crippen LogP contribution in [0.15, 0.2) is 24.4 Å². The SMILES string of the molecule is Cc1ccc(Cl)cc1C(=O)N1CC[C@H]2OCc3cnnn3[C@@H]2C1. The van der Waals surface area contributed by atoms with E-state index in [0.717, 1.165) is 17.7 Å². The van der Waals surface area contributed by atoms with Crippen LogP contribution in [0.25, 0.3) is 0 Å². The van der Waals surface area contributed by atoms with Crippen LogP contribution in [0, 0.1) is 6.92 Å². The van der Waals surface area contributed by atoms with Crippen LogP contribution < -0.4 is 0 Å². The van der Waals surface area contributed by atoms with Gasteiger partial charge in [-0.15, -0.1) is 5.10 Å². The Morgan fingerprint density at radius 1 is 1.43 bits per heavy atom. The lowest BCUT2D eigenvalue weighted by molar-refractivity contribution is -0.0605. The van der Waals surface area contributed by atoms with E-state index in [9.17, 15) is 4.79 Å². The minimum Gasteiger partial charge on any atom is -0.370 e. The third-order valence-electron chi connectivity index (χ3n) is 4.65. The van der Waals surface area contributed by atoms with Crippen LogP contribution in [0.2, 0.25) is 5.02 Å². The molecule has 7 heteroatoms. The molecule has 1 saturated heterocycles. The average Bonchev–Trinajstić information content (AvgIpc) is 3.05. The van der Waals surface area contributed by atoms with Gasteiger partial charge in [-0.05, 0) is 31.0 Å². The second kappa shape index (κ2) is 5.62. The molecule has 6 nitrogen and oxygen atoms in total. The molecule has 120 valence electrons. The van der Waals surface area contributed by atoms with Crippen molar-refractivity contribution in [3.63, 3.8) is 0 Å². The predicted molar refractivity (Wildman–Crippen MR) is 84.3 cm³/mol. The van der Waals surface area contributed by atoms with Crippen LogP contribution in [0.3, 0.4) is 0 Å². The van der Waals surface area contributed by atoms with Crippen molar-refractivity contribution in [2.45, 2.75) is 32.1 Å². The van der Waals surface area contributed by atoms with Crippen LogP contribution >= 0.6 is 11.6 Å². The normalized spacial score (nSPS) is 23.3. The van der Waals surface area contributed by atoms with E-state index < -0.39 is 0 Å². The van der Waals surface area contributed by atoms with E-state index in [1.165, 1.54) is 0 Å². The van der Waals surface area contributed by atoms with Gasteiger partial charge in [-0.1, -0.05) is 22.9 Å². The molecule has 1 aromatic heterocycles. The summed E-state index contributed by atoms with van der Waals surface area (Å²) in [6.45, 7) is 3.72. The first-order chi connectivity index (χ1) is 11.1. The molecule has 1 amide bonds. The van der Waals surface area contributed by atoms with Crippen molar-refractivity contribution in [2.75, 3.05) is 13.1 Å². The second-order valence-electron chi connectivity index (χ2n) is 6.09. The van der Waals surface area contributed by atoms with Gasteiger partial charge in [-0.25, -0.2) is 4.68 Å². The van der Waals surface area contributed by atoms with Crippen molar-refractivity contribution in [3.8, 4) is 0 Å². The molecular formula is C16H17ClN4O2. The summed E-state index contributed by atoms with van der Waals surface area (Å²) in [5.41, 5.74) is 2.55. The fourth-order valence-electron chi connectivity index (χ4n) is 3.36. The van der Waals surface area contributed by atoms with E-state index in [2.05, 4.69) is 10.3 Å². The molecule has 23 heavy (non-hydrogen) atoms. The number of likely N-dealkylation sites (tertiary alicyclic amines) is 1. The van der Waals surface area contributed by atoms with Crippen LogP contribution in [0.5, 0.6) is 0 Å². The number of carbonyl (C=O) groups is 1. The number of halogens is 1. The lowest BCUT2D eigenvalue weighted by atomic mass is 9.99. The Morgan fingerprint density at radius 2 is 2.30 bits per heavy atom. The van der Waals surface area contributed by atoms with Gasteiger partial charge in [-0.3, -0.25) is 4.79 Å². The number of ether oxygens (including phenoxy) is 1. The Labute approximate surface area is 139 Å².